The molecule has 2 aliphatic heterocycles. The lowest BCUT2D eigenvalue weighted by Gasteiger charge is -2.17. The largest absolute Gasteiger partial charge is 0.394 e. The fourth-order valence-electron chi connectivity index (χ4n) is 1.95. The number of rotatable bonds is 1. The van der Waals surface area contributed by atoms with Gasteiger partial charge >= 0.3 is 0 Å². The second-order valence-corrected chi connectivity index (χ2v) is 3.43. The van der Waals surface area contributed by atoms with E-state index in [9.17, 15) is 4.79 Å². The van der Waals surface area contributed by atoms with E-state index < -0.39 is 0 Å². The van der Waals surface area contributed by atoms with Crippen molar-refractivity contribution < 1.29 is 19.5 Å². The summed E-state index contributed by atoms with van der Waals surface area (Å²) >= 11 is 0. The van der Waals surface area contributed by atoms with Crippen LogP contribution in [-0.2, 0) is 14.4 Å². The number of hydrogen-bond donors (Lipinski definition) is 1. The van der Waals surface area contributed by atoms with Crippen molar-refractivity contribution in [2.75, 3.05) is 19.8 Å². The van der Waals surface area contributed by atoms with Gasteiger partial charge in [-0.05, 0) is 0 Å². The van der Waals surface area contributed by atoms with Gasteiger partial charge in [-0.25, -0.2) is 5.06 Å². The van der Waals surface area contributed by atoms with E-state index in [0.29, 0.717) is 13.2 Å². The first-order valence-corrected chi connectivity index (χ1v) is 4.39. The highest BCUT2D eigenvalue weighted by molar-refractivity contribution is 5.72. The second kappa shape index (κ2) is 3.25. The number of nitrogens with zero attached hydrogens (tertiary/aromatic N) is 1. The second-order valence-electron chi connectivity index (χ2n) is 3.43. The molecule has 5 nitrogen and oxygen atoms in total. The van der Waals surface area contributed by atoms with Gasteiger partial charge in [0.05, 0.1) is 32.0 Å². The molecule has 2 heterocycles. The minimum atomic E-state index is -0.172. The van der Waals surface area contributed by atoms with Crippen LogP contribution in [0.1, 0.15) is 6.92 Å². The normalized spacial score (nSPS) is 38.0. The summed E-state index contributed by atoms with van der Waals surface area (Å²) in [5.74, 6) is 0.0311. The van der Waals surface area contributed by atoms with Crippen LogP contribution in [0.2, 0.25) is 0 Å². The smallest absolute Gasteiger partial charge is 0.243 e. The van der Waals surface area contributed by atoms with Gasteiger partial charge in [-0.3, -0.25) is 9.63 Å². The number of hydrogen-bond acceptors (Lipinski definition) is 4. The first-order chi connectivity index (χ1) is 6.24. The lowest BCUT2D eigenvalue weighted by atomic mass is 9.99. The highest BCUT2D eigenvalue weighted by Crippen LogP contribution is 2.31. The van der Waals surface area contributed by atoms with Crippen molar-refractivity contribution in [2.24, 2.45) is 5.92 Å². The number of ether oxygens (including phenoxy) is 1. The molecule has 1 amide bonds. The maximum atomic E-state index is 11.1. The van der Waals surface area contributed by atoms with Crippen LogP contribution in [0.25, 0.3) is 0 Å². The van der Waals surface area contributed by atoms with Gasteiger partial charge in [0.15, 0.2) is 0 Å². The molecule has 0 bridgehead atoms. The predicted octanol–water partition coefficient (Wildman–Crippen LogP) is -0.844. The van der Waals surface area contributed by atoms with E-state index in [4.69, 9.17) is 14.7 Å². The molecule has 2 unspecified atom stereocenters. The maximum absolute atomic E-state index is 11.1. The van der Waals surface area contributed by atoms with Gasteiger partial charge in [0.25, 0.3) is 0 Å². The number of aliphatic hydroxyl groups excluding tert-OH is 1. The third kappa shape index (κ3) is 1.33. The topological polar surface area (TPSA) is 59.0 Å². The van der Waals surface area contributed by atoms with E-state index in [0.717, 1.165) is 0 Å². The van der Waals surface area contributed by atoms with Crippen molar-refractivity contribution in [1.82, 2.24) is 5.06 Å². The van der Waals surface area contributed by atoms with E-state index in [1.807, 2.05) is 0 Å². The van der Waals surface area contributed by atoms with Gasteiger partial charge in [0.1, 0.15) is 0 Å². The molecule has 0 radical (unpaired) electrons. The molecule has 0 aliphatic carbocycles. The van der Waals surface area contributed by atoms with E-state index in [1.165, 1.54) is 12.0 Å². The molecule has 2 rings (SSSR count). The summed E-state index contributed by atoms with van der Waals surface area (Å²) in [4.78, 5) is 16.3. The van der Waals surface area contributed by atoms with E-state index >= 15 is 0 Å². The van der Waals surface area contributed by atoms with Gasteiger partial charge in [0, 0.05) is 12.8 Å². The van der Waals surface area contributed by atoms with Crippen LogP contribution in [0.15, 0.2) is 0 Å². The predicted molar refractivity (Wildman–Crippen MR) is 42.6 cm³/mol. The SMILES string of the molecule is CC(=O)N1OCC2C1CO[C@@H]2CO. The Balaban J connectivity index is 2.07. The van der Waals surface area contributed by atoms with Gasteiger partial charge in [-0.1, -0.05) is 0 Å². The number of amides is 1. The fourth-order valence-corrected chi connectivity index (χ4v) is 1.95. The Labute approximate surface area is 76.2 Å². The third-order valence-electron chi connectivity index (χ3n) is 2.65. The lowest BCUT2D eigenvalue weighted by Crippen LogP contribution is -2.36. The standard InChI is InChI=1S/C8H13NO4/c1-5(11)9-7-4-12-8(2-10)6(7)3-13-9/h6-8,10H,2-4H2,1H3/t6?,7?,8-/m1/s1. The molecule has 2 saturated heterocycles. The van der Waals surface area contributed by atoms with Crippen LogP contribution in [0.4, 0.5) is 0 Å². The Hall–Kier alpha value is -0.650. The monoisotopic (exact) mass is 187 g/mol. The Kier molecular flexibility index (Phi) is 2.23. The zero-order chi connectivity index (χ0) is 9.42. The Morgan fingerprint density at radius 2 is 2.38 bits per heavy atom. The van der Waals surface area contributed by atoms with Crippen LogP contribution in [0.3, 0.4) is 0 Å². The Bertz CT molecular complexity index is 220. The van der Waals surface area contributed by atoms with Crippen molar-refractivity contribution in [3.63, 3.8) is 0 Å². The average molecular weight is 187 g/mol. The zero-order valence-corrected chi connectivity index (χ0v) is 7.47. The summed E-state index contributed by atoms with van der Waals surface area (Å²) in [5, 5.41) is 10.3. The van der Waals surface area contributed by atoms with Crippen LogP contribution in [0, 0.1) is 5.92 Å². The quantitative estimate of drug-likeness (QED) is 0.581. The van der Waals surface area contributed by atoms with Crippen molar-refractivity contribution in [3.05, 3.63) is 0 Å². The minimum absolute atomic E-state index is 0.00370. The molecule has 3 atom stereocenters. The minimum Gasteiger partial charge on any atom is -0.394 e. The summed E-state index contributed by atoms with van der Waals surface area (Å²) in [7, 11) is 0. The molecule has 0 spiro atoms. The first-order valence-electron chi connectivity index (χ1n) is 4.39. The van der Waals surface area contributed by atoms with E-state index in [1.54, 1.807) is 0 Å². The summed E-state index contributed by atoms with van der Waals surface area (Å²) < 4.78 is 5.33. The van der Waals surface area contributed by atoms with Crippen LogP contribution >= 0.6 is 0 Å². The summed E-state index contributed by atoms with van der Waals surface area (Å²) in [6, 6.07) is -0.00495. The van der Waals surface area contributed by atoms with Gasteiger partial charge < -0.3 is 9.84 Å². The highest BCUT2D eigenvalue weighted by atomic mass is 16.7. The molecule has 0 aromatic heterocycles. The molecule has 0 aromatic carbocycles. The molecule has 13 heavy (non-hydrogen) atoms. The van der Waals surface area contributed by atoms with Crippen molar-refractivity contribution >= 4 is 5.91 Å². The van der Waals surface area contributed by atoms with E-state index in [-0.39, 0.29) is 30.6 Å². The molecular formula is C8H13NO4. The third-order valence-corrected chi connectivity index (χ3v) is 2.65. The van der Waals surface area contributed by atoms with Crippen LogP contribution in [-0.4, -0.2) is 48.0 Å². The van der Waals surface area contributed by atoms with Gasteiger partial charge in [-0.2, -0.15) is 0 Å². The van der Waals surface area contributed by atoms with Crippen molar-refractivity contribution in [2.45, 2.75) is 19.1 Å². The lowest BCUT2D eigenvalue weighted by molar-refractivity contribution is -0.177. The molecule has 0 aromatic rings. The number of carbonyl (C=O) groups excluding carboxylic acids is 1. The number of aliphatic hydroxyl groups is 1. The zero-order valence-electron chi connectivity index (χ0n) is 7.47. The fraction of sp³-hybridized carbons (Fsp3) is 0.875. The molecule has 74 valence electrons. The van der Waals surface area contributed by atoms with Crippen molar-refractivity contribution in [1.29, 1.82) is 0 Å². The average Bonchev–Trinajstić information content (AvgIpc) is 2.61. The van der Waals surface area contributed by atoms with E-state index in [2.05, 4.69) is 0 Å². The van der Waals surface area contributed by atoms with Gasteiger partial charge in [-0.15, -0.1) is 0 Å². The molecule has 0 saturated carbocycles. The van der Waals surface area contributed by atoms with Crippen LogP contribution < -0.4 is 0 Å². The molecule has 1 N–H and O–H groups in total. The summed E-state index contributed by atoms with van der Waals surface area (Å²) in [5.41, 5.74) is 0. The molecule has 5 heteroatoms. The Morgan fingerprint density at radius 1 is 1.62 bits per heavy atom. The number of fused-ring (bicyclic) bond motifs is 1. The Morgan fingerprint density at radius 3 is 3.00 bits per heavy atom. The highest BCUT2D eigenvalue weighted by Gasteiger charge is 2.47. The van der Waals surface area contributed by atoms with Gasteiger partial charge in [0.2, 0.25) is 5.91 Å². The molecule has 2 fully saturated rings. The maximum Gasteiger partial charge on any atom is 0.243 e. The molecule has 2 aliphatic rings. The molecular weight excluding hydrogens is 174 g/mol. The van der Waals surface area contributed by atoms with Crippen molar-refractivity contribution in [3.8, 4) is 0 Å². The number of hydroxylamine groups is 2. The summed E-state index contributed by atoms with van der Waals surface area (Å²) in [6.45, 7) is 2.40. The van der Waals surface area contributed by atoms with Crippen LogP contribution in [0.5, 0.6) is 0 Å². The summed E-state index contributed by atoms with van der Waals surface area (Å²) in [6.07, 6.45) is -0.172. The first kappa shape index (κ1) is 8.93. The number of carbonyl (C=O) groups is 1.